The summed E-state index contributed by atoms with van der Waals surface area (Å²) in [6, 6.07) is 0. The quantitative estimate of drug-likeness (QED) is 0.517. The third-order valence-electron chi connectivity index (χ3n) is 2.18. The van der Waals surface area contributed by atoms with Crippen LogP contribution in [0.25, 0.3) is 0 Å². The molecule has 0 bridgehead atoms. The molecule has 0 spiro atoms. The van der Waals surface area contributed by atoms with Crippen molar-refractivity contribution in [1.82, 2.24) is 25.1 Å². The van der Waals surface area contributed by atoms with Crippen LogP contribution in [-0.4, -0.2) is 49.9 Å². The second kappa shape index (κ2) is 7.65. The van der Waals surface area contributed by atoms with Gasteiger partial charge in [-0.1, -0.05) is 23.9 Å². The summed E-state index contributed by atoms with van der Waals surface area (Å²) < 4.78 is 1.58. The van der Waals surface area contributed by atoms with E-state index in [4.69, 9.17) is 0 Å². The Labute approximate surface area is 111 Å². The molecule has 0 aliphatic rings. The molecule has 0 aliphatic carbocycles. The van der Waals surface area contributed by atoms with Crippen molar-refractivity contribution in [2.75, 3.05) is 18.8 Å². The summed E-state index contributed by atoms with van der Waals surface area (Å²) in [5, 5.41) is 11.8. The van der Waals surface area contributed by atoms with Crippen LogP contribution in [0.5, 0.6) is 0 Å². The van der Waals surface area contributed by atoms with Gasteiger partial charge in [0.2, 0.25) is 11.1 Å². The zero-order valence-electron chi connectivity index (χ0n) is 10.4. The molecule has 0 aliphatic heterocycles. The van der Waals surface area contributed by atoms with E-state index in [1.165, 1.54) is 11.8 Å². The molecule has 1 amide bonds. The van der Waals surface area contributed by atoms with E-state index in [1.54, 1.807) is 28.8 Å². The van der Waals surface area contributed by atoms with Crippen LogP contribution in [0.4, 0.5) is 0 Å². The number of aryl methyl sites for hydroxylation is 1. The first-order valence-corrected chi connectivity index (χ1v) is 6.52. The summed E-state index contributed by atoms with van der Waals surface area (Å²) >= 11 is 1.46. The van der Waals surface area contributed by atoms with E-state index in [0.29, 0.717) is 30.4 Å². The fourth-order valence-corrected chi connectivity index (χ4v) is 2.10. The van der Waals surface area contributed by atoms with Crippen molar-refractivity contribution in [2.45, 2.75) is 11.6 Å². The molecule has 0 fully saturated rings. The van der Waals surface area contributed by atoms with Gasteiger partial charge in [0.15, 0.2) is 0 Å². The largest absolute Gasteiger partial charge is 0.335 e. The normalized spacial score (nSPS) is 10.1. The molecule has 0 saturated carbocycles. The molecule has 98 valence electrons. The highest BCUT2D eigenvalue weighted by molar-refractivity contribution is 7.99. The molecule has 0 atom stereocenters. The summed E-state index contributed by atoms with van der Waals surface area (Å²) in [5.74, 6) is 0.732. The highest BCUT2D eigenvalue weighted by Crippen LogP contribution is 2.14. The number of rotatable bonds is 8. The number of tetrazole rings is 1. The molecule has 1 aromatic rings. The zero-order valence-corrected chi connectivity index (χ0v) is 11.3. The lowest BCUT2D eigenvalue weighted by molar-refractivity contribution is -0.129. The number of thioether (sulfide) groups is 1. The molecular formula is C11H17N5OS. The van der Waals surface area contributed by atoms with Gasteiger partial charge in [-0.05, 0) is 10.4 Å². The molecule has 0 saturated heterocycles. The first-order chi connectivity index (χ1) is 8.69. The number of hydrogen-bond donors (Lipinski definition) is 0. The fourth-order valence-electron chi connectivity index (χ4n) is 1.32. The van der Waals surface area contributed by atoms with E-state index < -0.39 is 0 Å². The van der Waals surface area contributed by atoms with Gasteiger partial charge >= 0.3 is 0 Å². The zero-order chi connectivity index (χ0) is 13.4. The van der Waals surface area contributed by atoms with E-state index in [-0.39, 0.29) is 5.91 Å². The predicted molar refractivity (Wildman–Crippen MR) is 71.1 cm³/mol. The first-order valence-electron chi connectivity index (χ1n) is 5.53. The van der Waals surface area contributed by atoms with Gasteiger partial charge in [0.05, 0.1) is 0 Å². The van der Waals surface area contributed by atoms with Crippen LogP contribution in [0.2, 0.25) is 0 Å². The average molecular weight is 267 g/mol. The smallest absolute Gasteiger partial charge is 0.223 e. The van der Waals surface area contributed by atoms with Gasteiger partial charge in [0.1, 0.15) is 0 Å². The van der Waals surface area contributed by atoms with E-state index in [2.05, 4.69) is 28.7 Å². The number of hydrogen-bond acceptors (Lipinski definition) is 5. The van der Waals surface area contributed by atoms with Gasteiger partial charge in [-0.2, -0.15) is 0 Å². The number of amides is 1. The maximum atomic E-state index is 11.9. The Morgan fingerprint density at radius 1 is 1.44 bits per heavy atom. The van der Waals surface area contributed by atoms with Crippen LogP contribution in [-0.2, 0) is 11.8 Å². The maximum absolute atomic E-state index is 11.9. The highest BCUT2D eigenvalue weighted by atomic mass is 32.2. The third kappa shape index (κ3) is 4.33. The monoisotopic (exact) mass is 267 g/mol. The maximum Gasteiger partial charge on any atom is 0.223 e. The lowest BCUT2D eigenvalue weighted by Gasteiger charge is -2.18. The Morgan fingerprint density at radius 3 is 2.61 bits per heavy atom. The Hall–Kier alpha value is -1.63. The minimum atomic E-state index is 0.0810. The Bertz CT molecular complexity index is 407. The van der Waals surface area contributed by atoms with Crippen molar-refractivity contribution >= 4 is 17.7 Å². The number of carbonyl (C=O) groups is 1. The minimum Gasteiger partial charge on any atom is -0.335 e. The van der Waals surface area contributed by atoms with Gasteiger partial charge in [-0.25, -0.2) is 4.68 Å². The molecule has 7 heteroatoms. The number of carbonyl (C=O) groups excluding carboxylic acids is 1. The van der Waals surface area contributed by atoms with Gasteiger partial charge < -0.3 is 4.90 Å². The lowest BCUT2D eigenvalue weighted by Crippen LogP contribution is -2.31. The van der Waals surface area contributed by atoms with Crippen LogP contribution in [0.1, 0.15) is 6.42 Å². The van der Waals surface area contributed by atoms with Crippen molar-refractivity contribution in [3.8, 4) is 0 Å². The summed E-state index contributed by atoms with van der Waals surface area (Å²) in [6.07, 6.45) is 3.86. The van der Waals surface area contributed by atoms with Crippen LogP contribution >= 0.6 is 11.8 Å². The average Bonchev–Trinajstić information content (AvgIpc) is 2.75. The Kier molecular flexibility index (Phi) is 6.13. The first kappa shape index (κ1) is 14.4. The van der Waals surface area contributed by atoms with Crippen molar-refractivity contribution in [1.29, 1.82) is 0 Å². The number of nitrogens with zero attached hydrogens (tertiary/aromatic N) is 5. The second-order valence-electron chi connectivity index (χ2n) is 3.56. The highest BCUT2D eigenvalue weighted by Gasteiger charge is 2.11. The molecule has 1 heterocycles. The molecule has 1 aromatic heterocycles. The van der Waals surface area contributed by atoms with Crippen molar-refractivity contribution in [3.05, 3.63) is 25.3 Å². The van der Waals surface area contributed by atoms with Gasteiger partial charge in [0.25, 0.3) is 0 Å². The van der Waals surface area contributed by atoms with Crippen LogP contribution in [0.15, 0.2) is 30.5 Å². The molecular weight excluding hydrogens is 250 g/mol. The fraction of sp³-hybridized carbons (Fsp3) is 0.455. The van der Waals surface area contributed by atoms with E-state index in [0.717, 1.165) is 0 Å². The molecule has 0 radical (unpaired) electrons. The number of aromatic nitrogens is 4. The standard InChI is InChI=1S/C11H17N5OS/c1-4-7-16(8-5-2)10(17)6-9-18-11-12-13-14-15(11)3/h4-5H,1-2,6-9H2,3H3. The molecule has 1 rings (SSSR count). The summed E-state index contributed by atoms with van der Waals surface area (Å²) in [5.41, 5.74) is 0. The van der Waals surface area contributed by atoms with Crippen molar-refractivity contribution in [3.63, 3.8) is 0 Å². The Morgan fingerprint density at radius 2 is 2.11 bits per heavy atom. The van der Waals surface area contributed by atoms with E-state index >= 15 is 0 Å². The molecule has 0 unspecified atom stereocenters. The topological polar surface area (TPSA) is 63.9 Å². The lowest BCUT2D eigenvalue weighted by atomic mass is 10.3. The van der Waals surface area contributed by atoms with Crippen molar-refractivity contribution < 1.29 is 4.79 Å². The summed E-state index contributed by atoms with van der Waals surface area (Å²) in [7, 11) is 1.77. The molecule has 0 N–H and O–H groups in total. The van der Waals surface area contributed by atoms with Gasteiger partial charge in [-0.15, -0.1) is 18.3 Å². The predicted octanol–water partition coefficient (Wildman–Crippen LogP) is 0.893. The van der Waals surface area contributed by atoms with Crippen molar-refractivity contribution in [2.24, 2.45) is 7.05 Å². The summed E-state index contributed by atoms with van der Waals surface area (Å²) in [4.78, 5) is 13.6. The van der Waals surface area contributed by atoms with Crippen LogP contribution in [0, 0.1) is 0 Å². The minimum absolute atomic E-state index is 0.0810. The summed E-state index contributed by atoms with van der Waals surface area (Å²) in [6.45, 7) is 8.35. The SMILES string of the molecule is C=CCN(CC=C)C(=O)CCSc1nnnn1C. The van der Waals surface area contributed by atoms with E-state index in [9.17, 15) is 4.79 Å². The van der Waals surface area contributed by atoms with Crippen LogP contribution in [0.3, 0.4) is 0 Å². The second-order valence-corrected chi connectivity index (χ2v) is 4.62. The Balaban J connectivity index is 2.37. The molecule has 0 aromatic carbocycles. The van der Waals surface area contributed by atoms with E-state index in [1.807, 2.05) is 0 Å². The van der Waals surface area contributed by atoms with Crippen LogP contribution < -0.4 is 0 Å². The van der Waals surface area contributed by atoms with Gasteiger partial charge in [-0.3, -0.25) is 4.79 Å². The van der Waals surface area contributed by atoms with Gasteiger partial charge in [0, 0.05) is 32.3 Å². The molecule has 18 heavy (non-hydrogen) atoms. The molecule has 6 nitrogen and oxygen atoms in total. The third-order valence-corrected chi connectivity index (χ3v) is 3.19.